The summed E-state index contributed by atoms with van der Waals surface area (Å²) >= 11 is 0. The number of carboxylic acids is 1. The summed E-state index contributed by atoms with van der Waals surface area (Å²) < 4.78 is 22.8. The van der Waals surface area contributed by atoms with Gasteiger partial charge in [-0.15, -0.1) is 0 Å². The number of hydrogen-bond acceptors (Lipinski definition) is 8. The van der Waals surface area contributed by atoms with Gasteiger partial charge in [-0.25, -0.2) is 0 Å². The maximum absolute atomic E-state index is 12.9. The highest BCUT2D eigenvalue weighted by Crippen LogP contribution is 2.18. The molecule has 458 valence electrons. The average Bonchev–Trinajstić information content (AvgIpc) is 3.41. The quantitative estimate of drug-likeness (QED) is 0.0195. The van der Waals surface area contributed by atoms with Gasteiger partial charge in [-0.1, -0.05) is 301 Å². The van der Waals surface area contributed by atoms with Crippen molar-refractivity contribution < 1.29 is 42.9 Å². The third-order valence-corrected chi connectivity index (χ3v) is 15.1. The third kappa shape index (κ3) is 61.1. The second-order valence-electron chi connectivity index (χ2n) is 24.1. The number of nitrogens with zero attached hydrogens (tertiary/aromatic N) is 1. The number of carboxylic acid groups (broad SMARTS) is 1. The summed E-state index contributed by atoms with van der Waals surface area (Å²) in [6.07, 6.45) is 72.2. The molecule has 2 atom stereocenters. The van der Waals surface area contributed by atoms with Gasteiger partial charge in [0.2, 0.25) is 0 Å². The standard InChI is InChI=1S/C69H129NO8/c1-6-8-10-12-14-16-18-20-22-24-26-28-30-32-33-34-36-37-39-41-43-45-47-49-51-53-55-57-59-66(71)76-63-65(64-77-69(68(73)74)75-62-61-70(3,4)5)78-67(72)60-58-56-54-52-50-48-46-44-42-40-38-35-31-29-27-25-23-21-19-17-15-13-11-9-7-2/h19,21,25,27,31,35,65,69H,6-18,20,22-24,26,28-30,32-34,36-64H2,1-5H3/b21-19-,27-25-,35-31-. The number of esters is 2. The fraction of sp³-hybridized carbons (Fsp3) is 0.870. The van der Waals surface area contributed by atoms with Crippen molar-refractivity contribution in [3.8, 4) is 0 Å². The van der Waals surface area contributed by atoms with Crippen molar-refractivity contribution in [2.75, 3.05) is 47.5 Å². The van der Waals surface area contributed by atoms with Crippen LogP contribution in [0.5, 0.6) is 0 Å². The van der Waals surface area contributed by atoms with Crippen molar-refractivity contribution in [3.63, 3.8) is 0 Å². The predicted octanol–water partition coefficient (Wildman–Crippen LogP) is 19.1. The van der Waals surface area contributed by atoms with Crippen LogP contribution in [0.15, 0.2) is 36.5 Å². The highest BCUT2D eigenvalue weighted by atomic mass is 16.7. The number of hydrogen-bond donors (Lipinski definition) is 0. The number of unbranched alkanes of at least 4 members (excludes halogenated alkanes) is 42. The topological polar surface area (TPSA) is 111 Å². The summed E-state index contributed by atoms with van der Waals surface area (Å²) in [5.74, 6) is -2.27. The first-order chi connectivity index (χ1) is 38.1. The van der Waals surface area contributed by atoms with Crippen molar-refractivity contribution in [1.29, 1.82) is 0 Å². The van der Waals surface area contributed by atoms with Gasteiger partial charge in [-0.05, 0) is 51.4 Å². The maximum Gasteiger partial charge on any atom is 0.306 e. The van der Waals surface area contributed by atoms with Gasteiger partial charge in [-0.3, -0.25) is 9.59 Å². The first kappa shape index (κ1) is 75.5. The normalized spacial score (nSPS) is 12.9. The van der Waals surface area contributed by atoms with Crippen LogP contribution >= 0.6 is 0 Å². The van der Waals surface area contributed by atoms with E-state index in [0.717, 1.165) is 51.4 Å². The molecule has 9 heteroatoms. The fourth-order valence-electron chi connectivity index (χ4n) is 9.96. The molecule has 0 saturated carbocycles. The van der Waals surface area contributed by atoms with Crippen LogP contribution in [-0.4, -0.2) is 82.3 Å². The summed E-state index contributed by atoms with van der Waals surface area (Å²) in [4.78, 5) is 37.4. The van der Waals surface area contributed by atoms with Gasteiger partial charge in [0.15, 0.2) is 12.4 Å². The molecule has 0 spiro atoms. The molecule has 0 N–H and O–H groups in total. The Hall–Kier alpha value is -2.49. The highest BCUT2D eigenvalue weighted by molar-refractivity contribution is 5.70. The smallest absolute Gasteiger partial charge is 0.306 e. The van der Waals surface area contributed by atoms with Crippen LogP contribution < -0.4 is 5.11 Å². The Morgan fingerprint density at radius 1 is 0.385 bits per heavy atom. The zero-order chi connectivity index (χ0) is 56.9. The maximum atomic E-state index is 12.9. The van der Waals surface area contributed by atoms with E-state index >= 15 is 0 Å². The van der Waals surface area contributed by atoms with E-state index in [9.17, 15) is 19.5 Å². The number of carbonyl (C=O) groups is 3. The Morgan fingerprint density at radius 3 is 1.03 bits per heavy atom. The van der Waals surface area contributed by atoms with E-state index < -0.39 is 24.3 Å². The van der Waals surface area contributed by atoms with Crippen LogP contribution in [0.4, 0.5) is 0 Å². The molecule has 0 amide bonds. The van der Waals surface area contributed by atoms with Gasteiger partial charge in [0.25, 0.3) is 0 Å². The van der Waals surface area contributed by atoms with Crippen LogP contribution in [-0.2, 0) is 33.3 Å². The molecule has 0 aromatic heterocycles. The second kappa shape index (κ2) is 60.6. The summed E-state index contributed by atoms with van der Waals surface area (Å²) in [5.41, 5.74) is 0. The molecule has 0 aromatic carbocycles. The van der Waals surface area contributed by atoms with E-state index in [1.54, 1.807) is 0 Å². The number of ether oxygens (including phenoxy) is 4. The first-order valence-electron chi connectivity index (χ1n) is 33.6. The number of carbonyl (C=O) groups excluding carboxylic acids is 3. The molecule has 0 aromatic rings. The molecule has 9 nitrogen and oxygen atoms in total. The summed E-state index contributed by atoms with van der Waals surface area (Å²) in [5, 5.41) is 11.8. The van der Waals surface area contributed by atoms with Crippen molar-refractivity contribution in [1.82, 2.24) is 0 Å². The van der Waals surface area contributed by atoms with E-state index in [-0.39, 0.29) is 32.2 Å². The average molecular weight is 1100 g/mol. The summed E-state index contributed by atoms with van der Waals surface area (Å²) in [6.45, 7) is 4.79. The monoisotopic (exact) mass is 1100 g/mol. The molecule has 0 fully saturated rings. The van der Waals surface area contributed by atoms with Crippen LogP contribution in [0.25, 0.3) is 0 Å². The first-order valence-corrected chi connectivity index (χ1v) is 33.6. The molecule has 0 aliphatic carbocycles. The molecule has 78 heavy (non-hydrogen) atoms. The lowest BCUT2D eigenvalue weighted by Crippen LogP contribution is -2.44. The molecule has 0 aliphatic heterocycles. The minimum Gasteiger partial charge on any atom is -0.545 e. The Balaban J connectivity index is 4.12. The van der Waals surface area contributed by atoms with E-state index in [1.165, 1.54) is 244 Å². The number of likely N-dealkylation sites (N-methyl/N-ethyl adjacent to an activating group) is 1. The molecule has 0 heterocycles. The summed E-state index contributed by atoms with van der Waals surface area (Å²) in [7, 11) is 5.94. The molecular formula is C69H129NO8. The minimum absolute atomic E-state index is 0.148. The Labute approximate surface area is 483 Å². The third-order valence-electron chi connectivity index (χ3n) is 15.1. The molecule has 0 rings (SSSR count). The molecule has 0 aliphatic rings. The molecule has 0 bridgehead atoms. The second-order valence-corrected chi connectivity index (χ2v) is 24.1. The van der Waals surface area contributed by atoms with Crippen molar-refractivity contribution in [3.05, 3.63) is 36.5 Å². The van der Waals surface area contributed by atoms with Crippen LogP contribution in [0.3, 0.4) is 0 Å². The van der Waals surface area contributed by atoms with E-state index in [4.69, 9.17) is 18.9 Å². The van der Waals surface area contributed by atoms with Gasteiger partial charge in [0, 0.05) is 12.8 Å². The van der Waals surface area contributed by atoms with Crippen molar-refractivity contribution in [2.24, 2.45) is 0 Å². The van der Waals surface area contributed by atoms with Crippen LogP contribution in [0.1, 0.15) is 328 Å². The number of quaternary nitrogens is 1. The van der Waals surface area contributed by atoms with E-state index in [0.29, 0.717) is 23.9 Å². The van der Waals surface area contributed by atoms with E-state index in [1.807, 2.05) is 21.1 Å². The number of rotatable bonds is 63. The van der Waals surface area contributed by atoms with E-state index in [2.05, 4.69) is 50.3 Å². The molecule has 0 radical (unpaired) electrons. The van der Waals surface area contributed by atoms with Gasteiger partial charge < -0.3 is 33.3 Å². The number of aliphatic carboxylic acids is 1. The summed E-state index contributed by atoms with van der Waals surface area (Å²) in [6, 6.07) is 0. The molecular weight excluding hydrogens is 971 g/mol. The molecule has 0 saturated heterocycles. The zero-order valence-electron chi connectivity index (χ0n) is 52.3. The van der Waals surface area contributed by atoms with Crippen LogP contribution in [0.2, 0.25) is 0 Å². The highest BCUT2D eigenvalue weighted by Gasteiger charge is 2.22. The van der Waals surface area contributed by atoms with Crippen LogP contribution in [0, 0.1) is 0 Å². The molecule has 2 unspecified atom stereocenters. The fourth-order valence-corrected chi connectivity index (χ4v) is 9.96. The van der Waals surface area contributed by atoms with Gasteiger partial charge in [0.1, 0.15) is 13.2 Å². The van der Waals surface area contributed by atoms with Crippen molar-refractivity contribution >= 4 is 17.9 Å². The lowest BCUT2D eigenvalue weighted by molar-refractivity contribution is -0.870. The Morgan fingerprint density at radius 2 is 0.692 bits per heavy atom. The van der Waals surface area contributed by atoms with Gasteiger partial charge in [0.05, 0.1) is 40.3 Å². The number of allylic oxidation sites excluding steroid dienone is 6. The predicted molar refractivity (Wildman–Crippen MR) is 329 cm³/mol. The largest absolute Gasteiger partial charge is 0.545 e. The van der Waals surface area contributed by atoms with Crippen molar-refractivity contribution in [2.45, 2.75) is 341 Å². The minimum atomic E-state index is -1.62. The lowest BCUT2D eigenvalue weighted by atomic mass is 10.0. The van der Waals surface area contributed by atoms with Gasteiger partial charge >= 0.3 is 11.9 Å². The zero-order valence-corrected chi connectivity index (χ0v) is 52.3. The Kier molecular flexibility index (Phi) is 58.7. The SMILES string of the molecule is CCCCCCC/C=C\C/C=C\C/C=C\CCCCCCCCCCCCC(=O)OC(COC(=O)CCCCCCCCCCCCCCCCCCCCCCCCCCCCCC)COC(OCC[N+](C)(C)C)C(=O)[O-]. The van der Waals surface area contributed by atoms with Gasteiger partial charge in [-0.2, -0.15) is 0 Å². The Bertz CT molecular complexity index is 1370. The lowest BCUT2D eigenvalue weighted by Gasteiger charge is -2.26.